The normalized spacial score (nSPS) is 41.6. The molecule has 0 aromatic rings. The zero-order chi connectivity index (χ0) is 12.6. The number of nitrogens with zero attached hydrogens (tertiary/aromatic N) is 1. The fourth-order valence-electron chi connectivity index (χ4n) is 4.00. The Labute approximate surface area is 106 Å². The average molecular weight is 231 g/mol. The molecule has 0 spiro atoms. The van der Waals surface area contributed by atoms with Crippen LogP contribution in [0.5, 0.6) is 0 Å². The van der Waals surface area contributed by atoms with E-state index >= 15 is 0 Å². The van der Waals surface area contributed by atoms with Crippen LogP contribution in [-0.2, 0) is 0 Å². The van der Waals surface area contributed by atoms with Crippen molar-refractivity contribution in [3.8, 4) is 0 Å². The predicted octanol–water partition coefficient (Wildman–Crippen LogP) is 4.70. The second kappa shape index (κ2) is 4.48. The summed E-state index contributed by atoms with van der Waals surface area (Å²) in [7, 11) is 0. The van der Waals surface area contributed by atoms with Gasteiger partial charge < -0.3 is 4.85 Å². The van der Waals surface area contributed by atoms with Crippen molar-refractivity contribution in [1.29, 1.82) is 0 Å². The molecular formula is C16H25N. The van der Waals surface area contributed by atoms with Crippen LogP contribution in [0.1, 0.15) is 53.4 Å². The van der Waals surface area contributed by atoms with Gasteiger partial charge in [0.15, 0.2) is 0 Å². The molecule has 0 radical (unpaired) electrons. The molecule has 0 aromatic carbocycles. The SMILES string of the molecule is [C-]#[N+][C@@]1(C)CC[C@@H](C(C)C)[C@@H]2C=C(C)CC[C@@H]21. The Hall–Kier alpha value is -0.770. The van der Waals surface area contributed by atoms with E-state index in [1.807, 2.05) is 0 Å². The van der Waals surface area contributed by atoms with Crippen LogP contribution in [0, 0.1) is 30.2 Å². The van der Waals surface area contributed by atoms with Crippen LogP contribution >= 0.6 is 0 Å². The van der Waals surface area contributed by atoms with Crippen molar-refractivity contribution in [2.45, 2.75) is 58.9 Å². The van der Waals surface area contributed by atoms with Gasteiger partial charge >= 0.3 is 0 Å². The van der Waals surface area contributed by atoms with E-state index in [1.165, 1.54) is 19.3 Å². The van der Waals surface area contributed by atoms with Crippen molar-refractivity contribution in [2.24, 2.45) is 23.7 Å². The van der Waals surface area contributed by atoms with Gasteiger partial charge in [0, 0.05) is 19.3 Å². The van der Waals surface area contributed by atoms with Gasteiger partial charge in [-0.25, -0.2) is 6.57 Å². The maximum atomic E-state index is 7.54. The summed E-state index contributed by atoms with van der Waals surface area (Å²) in [6, 6.07) is 0. The molecular weight excluding hydrogens is 206 g/mol. The number of hydrogen-bond donors (Lipinski definition) is 0. The molecule has 2 aliphatic rings. The summed E-state index contributed by atoms with van der Waals surface area (Å²) in [4.78, 5) is 4.00. The summed E-state index contributed by atoms with van der Waals surface area (Å²) in [5.41, 5.74) is 1.46. The number of allylic oxidation sites excluding steroid dienone is 2. The van der Waals surface area contributed by atoms with Crippen molar-refractivity contribution in [2.75, 3.05) is 0 Å². The minimum absolute atomic E-state index is 0.0900. The van der Waals surface area contributed by atoms with Gasteiger partial charge in [0.1, 0.15) is 0 Å². The lowest BCUT2D eigenvalue weighted by Crippen LogP contribution is -2.46. The zero-order valence-electron chi connectivity index (χ0n) is 11.7. The van der Waals surface area contributed by atoms with Gasteiger partial charge in [-0.05, 0) is 43.9 Å². The predicted molar refractivity (Wildman–Crippen MR) is 72.5 cm³/mol. The molecule has 0 bridgehead atoms. The molecule has 0 saturated heterocycles. The molecule has 1 saturated carbocycles. The van der Waals surface area contributed by atoms with Crippen LogP contribution in [0.4, 0.5) is 0 Å². The smallest absolute Gasteiger partial charge is 0.233 e. The molecule has 17 heavy (non-hydrogen) atoms. The monoisotopic (exact) mass is 231 g/mol. The van der Waals surface area contributed by atoms with Crippen molar-refractivity contribution in [3.05, 3.63) is 23.1 Å². The van der Waals surface area contributed by atoms with Gasteiger partial charge in [0.05, 0.1) is 0 Å². The molecule has 0 aromatic heterocycles. The number of hydrogen-bond acceptors (Lipinski definition) is 0. The molecule has 2 rings (SSSR count). The summed E-state index contributed by atoms with van der Waals surface area (Å²) in [6.45, 7) is 16.7. The van der Waals surface area contributed by atoms with Crippen LogP contribution in [0.2, 0.25) is 0 Å². The summed E-state index contributed by atoms with van der Waals surface area (Å²) >= 11 is 0. The van der Waals surface area contributed by atoms with E-state index in [-0.39, 0.29) is 5.54 Å². The highest BCUT2D eigenvalue weighted by molar-refractivity contribution is 5.17. The van der Waals surface area contributed by atoms with Gasteiger partial charge in [-0.2, -0.15) is 0 Å². The lowest BCUT2D eigenvalue weighted by molar-refractivity contribution is 0.0861. The summed E-state index contributed by atoms with van der Waals surface area (Å²) in [5.74, 6) is 2.81. The van der Waals surface area contributed by atoms with Crippen molar-refractivity contribution in [1.82, 2.24) is 0 Å². The Morgan fingerprint density at radius 3 is 2.71 bits per heavy atom. The first-order valence-corrected chi connectivity index (χ1v) is 7.04. The Balaban J connectivity index is 2.33. The highest BCUT2D eigenvalue weighted by Crippen LogP contribution is 2.51. The van der Waals surface area contributed by atoms with Crippen molar-refractivity contribution in [3.63, 3.8) is 0 Å². The van der Waals surface area contributed by atoms with Crippen LogP contribution in [0.15, 0.2) is 11.6 Å². The van der Waals surface area contributed by atoms with Gasteiger partial charge in [-0.1, -0.05) is 25.5 Å². The van der Waals surface area contributed by atoms with Crippen molar-refractivity contribution < 1.29 is 0 Å². The van der Waals surface area contributed by atoms with E-state index in [0.29, 0.717) is 11.8 Å². The van der Waals surface area contributed by atoms with Crippen LogP contribution in [0.25, 0.3) is 4.85 Å². The quantitative estimate of drug-likeness (QED) is 0.455. The van der Waals surface area contributed by atoms with Crippen LogP contribution < -0.4 is 0 Å². The molecule has 0 unspecified atom stereocenters. The minimum atomic E-state index is -0.0900. The van der Waals surface area contributed by atoms with E-state index in [9.17, 15) is 0 Å². The van der Waals surface area contributed by atoms with Crippen LogP contribution in [0.3, 0.4) is 0 Å². The maximum absolute atomic E-state index is 7.54. The van der Waals surface area contributed by atoms with Gasteiger partial charge in [-0.3, -0.25) is 0 Å². The minimum Gasteiger partial charge on any atom is -0.310 e. The first-order valence-electron chi connectivity index (χ1n) is 7.04. The average Bonchev–Trinajstić information content (AvgIpc) is 2.28. The fraction of sp³-hybridized carbons (Fsp3) is 0.812. The van der Waals surface area contributed by atoms with E-state index in [2.05, 4.69) is 38.6 Å². The van der Waals surface area contributed by atoms with Crippen LogP contribution in [-0.4, -0.2) is 5.54 Å². The third-order valence-electron chi connectivity index (χ3n) is 5.18. The Morgan fingerprint density at radius 2 is 2.12 bits per heavy atom. The van der Waals surface area contributed by atoms with Crippen molar-refractivity contribution >= 4 is 0 Å². The maximum Gasteiger partial charge on any atom is 0.233 e. The van der Waals surface area contributed by atoms with Gasteiger partial charge in [0.2, 0.25) is 5.54 Å². The molecule has 0 heterocycles. The summed E-state index contributed by atoms with van der Waals surface area (Å²) in [5, 5.41) is 0. The standard InChI is InChI=1S/C16H25N/c1-11(2)13-8-9-16(4,17-5)15-7-6-12(3)10-14(13)15/h10-11,13-15H,6-9H2,1-4H3/t13-,14-,15-,16-/m0/s1. The molecule has 1 heteroatoms. The van der Waals surface area contributed by atoms with E-state index < -0.39 is 0 Å². The third kappa shape index (κ3) is 2.15. The second-order valence-corrected chi connectivity index (χ2v) is 6.65. The Bertz CT molecular complexity index is 360. The lowest BCUT2D eigenvalue weighted by atomic mass is 9.57. The first kappa shape index (κ1) is 12.7. The molecule has 4 atom stereocenters. The zero-order valence-corrected chi connectivity index (χ0v) is 11.7. The molecule has 0 aliphatic heterocycles. The van der Waals surface area contributed by atoms with Gasteiger partial charge in [-0.15, -0.1) is 0 Å². The Morgan fingerprint density at radius 1 is 1.41 bits per heavy atom. The molecule has 1 fully saturated rings. The Kier molecular flexibility index (Phi) is 3.34. The molecule has 1 nitrogen and oxygen atoms in total. The topological polar surface area (TPSA) is 4.36 Å². The van der Waals surface area contributed by atoms with E-state index in [4.69, 9.17) is 6.57 Å². The first-order chi connectivity index (χ1) is 7.98. The largest absolute Gasteiger partial charge is 0.310 e. The number of fused-ring (bicyclic) bond motifs is 1. The molecule has 94 valence electrons. The highest BCUT2D eigenvalue weighted by atomic mass is 14.8. The third-order valence-corrected chi connectivity index (χ3v) is 5.18. The fourth-order valence-corrected chi connectivity index (χ4v) is 4.00. The highest BCUT2D eigenvalue weighted by Gasteiger charge is 2.51. The summed E-state index contributed by atoms with van der Waals surface area (Å²) < 4.78 is 0. The van der Waals surface area contributed by atoms with E-state index in [0.717, 1.165) is 18.3 Å². The molecule has 2 aliphatic carbocycles. The molecule has 0 N–H and O–H groups in total. The number of rotatable bonds is 1. The second-order valence-electron chi connectivity index (χ2n) is 6.65. The van der Waals surface area contributed by atoms with E-state index in [1.54, 1.807) is 5.57 Å². The summed E-state index contributed by atoms with van der Waals surface area (Å²) in [6.07, 6.45) is 7.28. The lowest BCUT2D eigenvalue weighted by Gasteiger charge is -2.45. The molecule has 0 amide bonds. The van der Waals surface area contributed by atoms with Gasteiger partial charge in [0.25, 0.3) is 0 Å².